The van der Waals surface area contributed by atoms with Crippen LogP contribution < -0.4 is 5.32 Å². The van der Waals surface area contributed by atoms with Crippen LogP contribution in [0.1, 0.15) is 36.9 Å². The van der Waals surface area contributed by atoms with Crippen molar-refractivity contribution in [2.24, 2.45) is 5.92 Å². The third-order valence-electron chi connectivity index (χ3n) is 5.07. The molecule has 1 aliphatic heterocycles. The Morgan fingerprint density at radius 2 is 2.07 bits per heavy atom. The first kappa shape index (κ1) is 19.0. The third-order valence-corrected chi connectivity index (χ3v) is 5.07. The molecule has 1 saturated heterocycles. The lowest BCUT2D eigenvalue weighted by atomic mass is 9.95. The summed E-state index contributed by atoms with van der Waals surface area (Å²) in [7, 11) is 0. The van der Waals surface area contributed by atoms with E-state index in [0.29, 0.717) is 38.0 Å². The number of hydrogen-bond donors (Lipinski definition) is 1. The maximum atomic E-state index is 13.6. The molecule has 7 nitrogen and oxygen atoms in total. The molecule has 1 fully saturated rings. The predicted octanol–water partition coefficient (Wildman–Crippen LogP) is 1.84. The van der Waals surface area contributed by atoms with Gasteiger partial charge in [-0.1, -0.05) is 12.1 Å². The zero-order chi connectivity index (χ0) is 19.4. The molecule has 0 radical (unpaired) electrons. The number of piperidine rings is 1. The second kappa shape index (κ2) is 8.28. The first-order chi connectivity index (χ1) is 13.0. The van der Waals surface area contributed by atoms with E-state index in [1.54, 1.807) is 24.8 Å². The van der Waals surface area contributed by atoms with Gasteiger partial charge < -0.3 is 10.2 Å². The number of rotatable bonds is 5. The Bertz CT molecular complexity index is 800. The summed E-state index contributed by atoms with van der Waals surface area (Å²) < 4.78 is 15.1. The van der Waals surface area contributed by atoms with Crippen molar-refractivity contribution < 1.29 is 14.0 Å². The van der Waals surface area contributed by atoms with Crippen LogP contribution in [0.15, 0.2) is 30.9 Å². The van der Waals surface area contributed by atoms with Gasteiger partial charge in [-0.25, -0.2) is 14.1 Å². The van der Waals surface area contributed by atoms with Crippen molar-refractivity contribution in [2.45, 2.75) is 39.3 Å². The number of halogens is 1. The van der Waals surface area contributed by atoms with Crippen LogP contribution in [-0.2, 0) is 16.1 Å². The van der Waals surface area contributed by atoms with E-state index in [0.717, 1.165) is 5.56 Å². The molecule has 8 heteroatoms. The molecule has 0 unspecified atom stereocenters. The second-order valence-electron chi connectivity index (χ2n) is 6.95. The lowest BCUT2D eigenvalue weighted by molar-refractivity contribution is -0.138. The van der Waals surface area contributed by atoms with Crippen LogP contribution in [0.4, 0.5) is 4.39 Å². The van der Waals surface area contributed by atoms with Crippen LogP contribution in [0.25, 0.3) is 0 Å². The van der Waals surface area contributed by atoms with Gasteiger partial charge in [0.1, 0.15) is 24.5 Å². The number of carbonyl (C=O) groups excluding carboxylic acids is 2. The zero-order valence-electron chi connectivity index (χ0n) is 15.6. The fourth-order valence-corrected chi connectivity index (χ4v) is 3.24. The van der Waals surface area contributed by atoms with Gasteiger partial charge in [0.15, 0.2) is 0 Å². The summed E-state index contributed by atoms with van der Waals surface area (Å²) in [4.78, 5) is 30.6. The maximum absolute atomic E-state index is 13.6. The predicted molar refractivity (Wildman–Crippen MR) is 97.0 cm³/mol. The molecule has 0 aliphatic carbocycles. The lowest BCUT2D eigenvalue weighted by Crippen LogP contribution is -2.45. The van der Waals surface area contributed by atoms with Crippen LogP contribution in [-0.4, -0.2) is 44.6 Å². The van der Waals surface area contributed by atoms with Crippen LogP contribution >= 0.6 is 0 Å². The molecule has 1 aliphatic rings. The van der Waals surface area contributed by atoms with Crippen molar-refractivity contribution in [1.29, 1.82) is 0 Å². The van der Waals surface area contributed by atoms with Crippen molar-refractivity contribution in [3.8, 4) is 0 Å². The number of benzene rings is 1. The van der Waals surface area contributed by atoms with Gasteiger partial charge in [0.2, 0.25) is 11.8 Å². The summed E-state index contributed by atoms with van der Waals surface area (Å²) in [6.07, 6.45) is 4.16. The molecule has 1 aromatic carbocycles. The smallest absolute Gasteiger partial charge is 0.247 e. The molecule has 144 valence electrons. The summed E-state index contributed by atoms with van der Waals surface area (Å²) in [5, 5.41) is 6.88. The molecule has 2 aromatic rings. The van der Waals surface area contributed by atoms with Gasteiger partial charge in [-0.2, -0.15) is 5.10 Å². The van der Waals surface area contributed by atoms with Gasteiger partial charge in [0.05, 0.1) is 0 Å². The number of likely N-dealkylation sites (tertiary alicyclic amines) is 1. The van der Waals surface area contributed by atoms with E-state index in [1.165, 1.54) is 23.4 Å². The number of aromatic nitrogens is 3. The number of hydrogen-bond acceptors (Lipinski definition) is 4. The molecule has 1 atom stereocenters. The van der Waals surface area contributed by atoms with E-state index in [9.17, 15) is 14.0 Å². The molecule has 2 heterocycles. The Kier molecular flexibility index (Phi) is 5.83. The molecule has 0 spiro atoms. The molecule has 1 aromatic heterocycles. The summed E-state index contributed by atoms with van der Waals surface area (Å²) >= 11 is 0. The normalized spacial score (nSPS) is 16.2. The Labute approximate surface area is 157 Å². The minimum absolute atomic E-state index is 0.0190. The summed E-state index contributed by atoms with van der Waals surface area (Å²) in [6.45, 7) is 4.87. The van der Waals surface area contributed by atoms with Gasteiger partial charge >= 0.3 is 0 Å². The highest BCUT2D eigenvalue weighted by Gasteiger charge is 2.30. The Balaban J connectivity index is 1.47. The van der Waals surface area contributed by atoms with Crippen LogP contribution in [0.2, 0.25) is 0 Å². The summed E-state index contributed by atoms with van der Waals surface area (Å²) in [6, 6.07) is 4.56. The highest BCUT2D eigenvalue weighted by Crippen LogP contribution is 2.20. The van der Waals surface area contributed by atoms with Gasteiger partial charge in [-0.05, 0) is 43.9 Å². The number of nitrogens with zero attached hydrogens (tertiary/aromatic N) is 4. The first-order valence-corrected chi connectivity index (χ1v) is 9.11. The molecule has 2 amide bonds. The Morgan fingerprint density at radius 1 is 1.33 bits per heavy atom. The van der Waals surface area contributed by atoms with E-state index >= 15 is 0 Å². The molecule has 3 rings (SSSR count). The monoisotopic (exact) mass is 373 g/mol. The van der Waals surface area contributed by atoms with E-state index in [2.05, 4.69) is 15.4 Å². The first-order valence-electron chi connectivity index (χ1n) is 9.11. The highest BCUT2D eigenvalue weighted by atomic mass is 19.1. The van der Waals surface area contributed by atoms with Gasteiger partial charge in [0.25, 0.3) is 0 Å². The van der Waals surface area contributed by atoms with Crippen molar-refractivity contribution in [3.63, 3.8) is 0 Å². The van der Waals surface area contributed by atoms with Crippen molar-refractivity contribution in [3.05, 3.63) is 47.8 Å². The number of aryl methyl sites for hydroxylation is 1. The number of amides is 2. The van der Waals surface area contributed by atoms with Crippen LogP contribution in [0, 0.1) is 18.7 Å². The Morgan fingerprint density at radius 3 is 2.70 bits per heavy atom. The van der Waals surface area contributed by atoms with E-state index in [-0.39, 0.29) is 23.5 Å². The average Bonchev–Trinajstić information content (AvgIpc) is 3.22. The number of nitrogens with one attached hydrogen (secondary N) is 1. The van der Waals surface area contributed by atoms with Gasteiger partial charge in [0, 0.05) is 25.6 Å². The molecular formula is C19H24FN5O2. The van der Waals surface area contributed by atoms with Gasteiger partial charge in [-0.15, -0.1) is 0 Å². The van der Waals surface area contributed by atoms with E-state index in [4.69, 9.17) is 0 Å². The molecule has 0 bridgehead atoms. The molecule has 0 saturated carbocycles. The van der Waals surface area contributed by atoms with E-state index in [1.807, 2.05) is 6.07 Å². The third kappa shape index (κ3) is 4.50. The molecular weight excluding hydrogens is 349 g/mol. The SMILES string of the molecule is Cc1ccc(CNC(=O)C2CCN(C(=O)[C@H](C)n3cncn3)CC2)cc1F. The average molecular weight is 373 g/mol. The van der Waals surface area contributed by atoms with Crippen molar-refractivity contribution in [1.82, 2.24) is 25.0 Å². The molecule has 27 heavy (non-hydrogen) atoms. The summed E-state index contributed by atoms with van der Waals surface area (Å²) in [5.74, 6) is -0.469. The Hall–Kier alpha value is -2.77. The fourth-order valence-electron chi connectivity index (χ4n) is 3.24. The van der Waals surface area contributed by atoms with Gasteiger partial charge in [-0.3, -0.25) is 9.59 Å². The largest absolute Gasteiger partial charge is 0.352 e. The van der Waals surface area contributed by atoms with Crippen LogP contribution in [0.5, 0.6) is 0 Å². The maximum Gasteiger partial charge on any atom is 0.247 e. The highest BCUT2D eigenvalue weighted by molar-refractivity contribution is 5.81. The zero-order valence-corrected chi connectivity index (χ0v) is 15.6. The number of carbonyl (C=O) groups is 2. The standard InChI is InChI=1S/C19H24FN5O2/c1-13-3-4-15(9-17(13)20)10-22-18(26)16-5-7-24(8-6-16)19(27)14(2)25-12-21-11-23-25/h3-4,9,11-12,14,16H,5-8,10H2,1-2H3,(H,22,26)/t14-/m0/s1. The van der Waals surface area contributed by atoms with Crippen molar-refractivity contribution >= 4 is 11.8 Å². The quantitative estimate of drug-likeness (QED) is 0.867. The second-order valence-corrected chi connectivity index (χ2v) is 6.95. The van der Waals surface area contributed by atoms with Crippen LogP contribution in [0.3, 0.4) is 0 Å². The van der Waals surface area contributed by atoms with Crippen molar-refractivity contribution in [2.75, 3.05) is 13.1 Å². The van der Waals surface area contributed by atoms with E-state index < -0.39 is 6.04 Å². The minimum Gasteiger partial charge on any atom is -0.352 e. The lowest BCUT2D eigenvalue weighted by Gasteiger charge is -2.33. The summed E-state index contributed by atoms with van der Waals surface area (Å²) in [5.41, 5.74) is 1.32. The minimum atomic E-state index is -0.408. The molecule has 1 N–H and O–H groups in total. The fraction of sp³-hybridized carbons (Fsp3) is 0.474. The topological polar surface area (TPSA) is 80.1 Å².